The monoisotopic (exact) mass is 409 g/mol. The number of carboxylic acid groups (broad SMARTS) is 1. The summed E-state index contributed by atoms with van der Waals surface area (Å²) < 4.78 is 23.4. The molecule has 1 aromatic heterocycles. The summed E-state index contributed by atoms with van der Waals surface area (Å²) in [5, 5.41) is 9.44. The third-order valence-corrected chi connectivity index (χ3v) is 5.84. The highest BCUT2D eigenvalue weighted by Crippen LogP contribution is 2.37. The van der Waals surface area contributed by atoms with Crippen LogP contribution in [0.3, 0.4) is 0 Å². The quantitative estimate of drug-likeness (QED) is 0.749. The molecule has 2 N–H and O–H groups in total. The number of benzene rings is 1. The van der Waals surface area contributed by atoms with E-state index in [1.165, 1.54) is 9.21 Å². The number of anilines is 1. The van der Waals surface area contributed by atoms with Crippen LogP contribution in [0.5, 0.6) is 0 Å². The second-order valence-electron chi connectivity index (χ2n) is 6.36. The molecule has 9 heteroatoms. The fraction of sp³-hybridized carbons (Fsp3) is 0.333. The fourth-order valence-electron chi connectivity index (χ4n) is 3.28. The lowest BCUT2D eigenvalue weighted by Gasteiger charge is -2.36. The van der Waals surface area contributed by atoms with Crippen molar-refractivity contribution in [2.24, 2.45) is 0 Å². The Morgan fingerprint density at radius 2 is 1.93 bits per heavy atom. The minimum Gasteiger partial charge on any atom is -0.465 e. The molecule has 0 saturated carbocycles. The summed E-state index contributed by atoms with van der Waals surface area (Å²) in [7, 11) is 0. The van der Waals surface area contributed by atoms with Crippen LogP contribution in [0.15, 0.2) is 36.4 Å². The summed E-state index contributed by atoms with van der Waals surface area (Å²) in [6.45, 7) is 2.50. The van der Waals surface area contributed by atoms with Crippen LogP contribution in [-0.2, 0) is 11.3 Å². The lowest BCUT2D eigenvalue weighted by Crippen LogP contribution is -2.47. The topological polar surface area (TPSA) is 94.0 Å². The van der Waals surface area contributed by atoms with Crippen LogP contribution < -0.4 is 4.31 Å². The number of nitrogens with zero attached hydrogens (tertiary/aromatic N) is 3. The Balaban J connectivity index is 1.94. The Bertz CT molecular complexity index is 871. The van der Waals surface area contributed by atoms with Gasteiger partial charge in [-0.1, -0.05) is 29.8 Å². The lowest BCUT2D eigenvalue weighted by molar-refractivity contribution is 0.133. The zero-order valence-corrected chi connectivity index (χ0v) is 16.3. The molecule has 27 heavy (non-hydrogen) atoms. The van der Waals surface area contributed by atoms with Crippen LogP contribution in [-0.4, -0.2) is 49.0 Å². The van der Waals surface area contributed by atoms with Crippen LogP contribution in [0, 0.1) is 6.92 Å². The van der Waals surface area contributed by atoms with E-state index < -0.39 is 17.4 Å². The van der Waals surface area contributed by atoms with Crippen LogP contribution in [0.1, 0.15) is 18.5 Å². The Morgan fingerprint density at radius 1 is 1.26 bits per heavy atom. The number of aromatic nitrogens is 1. The molecule has 1 atom stereocenters. The van der Waals surface area contributed by atoms with Gasteiger partial charge in [0.05, 0.1) is 16.4 Å². The number of aryl methyl sites for hydroxylation is 1. The van der Waals surface area contributed by atoms with Crippen LogP contribution in [0.4, 0.5) is 10.5 Å². The zero-order chi connectivity index (χ0) is 19.6. The number of amides is 1. The predicted molar refractivity (Wildman–Crippen MR) is 105 cm³/mol. The molecule has 144 valence electrons. The van der Waals surface area contributed by atoms with E-state index in [2.05, 4.69) is 4.98 Å². The largest absolute Gasteiger partial charge is 0.465 e. The summed E-state index contributed by atoms with van der Waals surface area (Å²) in [5.41, 5.74) is 2.65. The van der Waals surface area contributed by atoms with Gasteiger partial charge in [0.25, 0.3) is 11.3 Å². The minimum atomic E-state index is -2.29. The van der Waals surface area contributed by atoms with Crippen molar-refractivity contribution in [3.63, 3.8) is 0 Å². The summed E-state index contributed by atoms with van der Waals surface area (Å²) in [6, 6.07) is 10.6. The summed E-state index contributed by atoms with van der Waals surface area (Å²) in [6.07, 6.45) is -0.0837. The van der Waals surface area contributed by atoms with Crippen molar-refractivity contribution >= 4 is 34.6 Å². The van der Waals surface area contributed by atoms with E-state index in [0.717, 1.165) is 5.69 Å². The van der Waals surface area contributed by atoms with Crippen molar-refractivity contribution in [3.8, 4) is 11.3 Å². The third kappa shape index (κ3) is 4.23. The Kier molecular flexibility index (Phi) is 5.98. The van der Waals surface area contributed by atoms with E-state index in [1.807, 2.05) is 31.2 Å². The standard InChI is InChI=1S/C18H20ClN3O4S/c1-12-4-2-6-15(20-12)14-5-3-7-16(17(14)19)22(27(25)26)13-8-10-21(11-9-13)18(23)24/h2-7,13H,8-11H2,1H3,(H,23,24)(H,25,26). The summed E-state index contributed by atoms with van der Waals surface area (Å²) >= 11 is 4.31. The SMILES string of the molecule is Cc1cccc(-c2cccc(N(C3CCN(C(=O)O)CC3)S(=O)O)c2Cl)n1. The lowest BCUT2D eigenvalue weighted by atomic mass is 10.0. The number of hydrogen-bond donors (Lipinski definition) is 2. The predicted octanol–water partition coefficient (Wildman–Crippen LogP) is 3.80. The number of rotatable bonds is 4. The van der Waals surface area contributed by atoms with Crippen LogP contribution in [0.25, 0.3) is 11.3 Å². The first-order valence-corrected chi connectivity index (χ1v) is 9.93. The maximum Gasteiger partial charge on any atom is 0.407 e. The van der Waals surface area contributed by atoms with Gasteiger partial charge in [-0.05, 0) is 38.0 Å². The van der Waals surface area contributed by atoms with Crippen LogP contribution in [0.2, 0.25) is 5.02 Å². The van der Waals surface area contributed by atoms with Gasteiger partial charge in [-0.2, -0.15) is 0 Å². The second kappa shape index (κ2) is 8.24. The number of pyridine rings is 1. The van der Waals surface area contributed by atoms with E-state index >= 15 is 0 Å². The van der Waals surface area contributed by atoms with Gasteiger partial charge in [-0.3, -0.25) is 13.8 Å². The van der Waals surface area contributed by atoms with Crippen molar-refractivity contribution in [2.75, 3.05) is 17.4 Å². The molecule has 0 aliphatic carbocycles. The molecule has 1 saturated heterocycles. The maximum atomic E-state index is 12.1. The average molecular weight is 410 g/mol. The molecule has 1 fully saturated rings. The highest BCUT2D eigenvalue weighted by molar-refractivity contribution is 7.80. The molecule has 7 nitrogen and oxygen atoms in total. The molecule has 1 unspecified atom stereocenters. The van der Waals surface area contributed by atoms with Crippen LogP contribution >= 0.6 is 11.6 Å². The van der Waals surface area contributed by atoms with Gasteiger partial charge in [-0.15, -0.1) is 0 Å². The molecule has 3 rings (SSSR count). The number of likely N-dealkylation sites (tertiary alicyclic amines) is 1. The molecule has 0 radical (unpaired) electrons. The third-order valence-electron chi connectivity index (χ3n) is 4.61. The van der Waals surface area contributed by atoms with Crippen molar-refractivity contribution in [2.45, 2.75) is 25.8 Å². The molecule has 2 aromatic rings. The first-order valence-electron chi connectivity index (χ1n) is 8.49. The maximum absolute atomic E-state index is 12.1. The van der Waals surface area contributed by atoms with Gasteiger partial charge in [0.1, 0.15) is 0 Å². The van der Waals surface area contributed by atoms with E-state index in [9.17, 15) is 13.6 Å². The van der Waals surface area contributed by atoms with E-state index in [-0.39, 0.29) is 6.04 Å². The molecule has 1 aliphatic rings. The minimum absolute atomic E-state index is 0.287. The van der Waals surface area contributed by atoms with Crippen molar-refractivity contribution in [3.05, 3.63) is 47.1 Å². The highest BCUT2D eigenvalue weighted by Gasteiger charge is 2.31. The van der Waals surface area contributed by atoms with Crippen molar-refractivity contribution < 1.29 is 18.7 Å². The normalized spacial score (nSPS) is 16.2. The Hall–Kier alpha value is -2.16. The number of hydrogen-bond acceptors (Lipinski definition) is 3. The molecule has 1 aromatic carbocycles. The first kappa shape index (κ1) is 19.6. The Labute approximate surface area is 165 Å². The Morgan fingerprint density at radius 3 is 2.52 bits per heavy atom. The molecular formula is C18H20ClN3O4S. The number of piperidine rings is 1. The zero-order valence-electron chi connectivity index (χ0n) is 14.7. The fourth-order valence-corrected chi connectivity index (χ4v) is 4.43. The molecular weight excluding hydrogens is 390 g/mol. The van der Waals surface area contributed by atoms with E-state index in [4.69, 9.17) is 16.7 Å². The van der Waals surface area contributed by atoms with Gasteiger partial charge < -0.3 is 10.0 Å². The highest BCUT2D eigenvalue weighted by atomic mass is 35.5. The van der Waals surface area contributed by atoms with Gasteiger partial charge >= 0.3 is 6.09 Å². The van der Waals surface area contributed by atoms with Gasteiger partial charge in [0.2, 0.25) is 0 Å². The average Bonchev–Trinajstić information content (AvgIpc) is 2.63. The second-order valence-corrected chi connectivity index (χ2v) is 7.59. The molecule has 0 bridgehead atoms. The van der Waals surface area contributed by atoms with Gasteiger partial charge in [0.15, 0.2) is 0 Å². The van der Waals surface area contributed by atoms with E-state index in [0.29, 0.717) is 47.9 Å². The van der Waals surface area contributed by atoms with Gasteiger partial charge in [0, 0.05) is 30.4 Å². The first-order chi connectivity index (χ1) is 12.9. The number of halogens is 1. The number of carbonyl (C=O) groups is 1. The van der Waals surface area contributed by atoms with E-state index in [1.54, 1.807) is 12.1 Å². The molecule has 1 aliphatic heterocycles. The molecule has 0 spiro atoms. The van der Waals surface area contributed by atoms with Gasteiger partial charge in [-0.25, -0.2) is 9.00 Å². The smallest absolute Gasteiger partial charge is 0.407 e. The van der Waals surface area contributed by atoms with Crippen molar-refractivity contribution in [1.29, 1.82) is 0 Å². The molecule has 1 amide bonds. The summed E-state index contributed by atoms with van der Waals surface area (Å²) in [4.78, 5) is 16.9. The summed E-state index contributed by atoms with van der Waals surface area (Å²) in [5.74, 6) is 0. The molecule has 2 heterocycles. The van der Waals surface area contributed by atoms with Crippen molar-refractivity contribution in [1.82, 2.24) is 9.88 Å².